The molecule has 2 aromatic carbocycles. The number of anilines is 1. The number of carbonyl (C=O) groups is 1. The van der Waals surface area contributed by atoms with Crippen molar-refractivity contribution in [3.8, 4) is 5.75 Å². The molecule has 1 saturated heterocycles. The van der Waals surface area contributed by atoms with Gasteiger partial charge in [0.25, 0.3) is 0 Å². The monoisotopic (exact) mass is 454 g/mol. The van der Waals surface area contributed by atoms with Crippen LogP contribution in [0.2, 0.25) is 0 Å². The van der Waals surface area contributed by atoms with Gasteiger partial charge in [-0.2, -0.15) is 13.2 Å². The van der Waals surface area contributed by atoms with E-state index >= 15 is 0 Å². The van der Waals surface area contributed by atoms with Gasteiger partial charge in [-0.1, -0.05) is 0 Å². The zero-order valence-electron chi connectivity index (χ0n) is 16.7. The van der Waals surface area contributed by atoms with Gasteiger partial charge >= 0.3 is 12.2 Å². The summed E-state index contributed by atoms with van der Waals surface area (Å²) in [7, 11) is 1.58. The minimum atomic E-state index is -4.39. The zero-order chi connectivity index (χ0) is 21.3. The van der Waals surface area contributed by atoms with Crippen LogP contribution in [0.3, 0.4) is 0 Å². The highest BCUT2D eigenvalue weighted by Crippen LogP contribution is 2.33. The quantitative estimate of drug-likeness (QED) is 0.580. The van der Waals surface area contributed by atoms with Crippen LogP contribution in [0.4, 0.5) is 23.7 Å². The molecule has 0 radical (unpaired) electrons. The van der Waals surface area contributed by atoms with Gasteiger partial charge in [0.05, 0.1) is 30.0 Å². The van der Waals surface area contributed by atoms with E-state index in [-0.39, 0.29) is 24.5 Å². The number of piperidine rings is 1. The molecule has 31 heavy (non-hydrogen) atoms. The highest BCUT2D eigenvalue weighted by Gasteiger charge is 2.31. The first kappa shape index (κ1) is 22.7. The van der Waals surface area contributed by atoms with Crippen LogP contribution in [-0.2, 0) is 6.18 Å². The van der Waals surface area contributed by atoms with E-state index in [1.165, 1.54) is 6.07 Å². The van der Waals surface area contributed by atoms with E-state index < -0.39 is 11.7 Å². The maximum absolute atomic E-state index is 12.9. The zero-order valence-corrected chi connectivity index (χ0v) is 17.5. The predicted octanol–water partition coefficient (Wildman–Crippen LogP) is 5.35. The van der Waals surface area contributed by atoms with Gasteiger partial charge in [-0.15, -0.1) is 12.4 Å². The fraction of sp³-hybridized carbons (Fsp3) is 0.333. The summed E-state index contributed by atoms with van der Waals surface area (Å²) in [6.07, 6.45) is -1.41. The summed E-state index contributed by atoms with van der Waals surface area (Å²) in [5.41, 5.74) is 0.975. The third kappa shape index (κ3) is 4.87. The summed E-state index contributed by atoms with van der Waals surface area (Å²) in [6, 6.07) is 10.6. The molecule has 0 spiro atoms. The minimum absolute atomic E-state index is 0. The number of benzene rings is 2. The Balaban J connectivity index is 0.00000272. The number of aromatic nitrogens is 2. The molecule has 10 heteroatoms. The second-order valence-electron chi connectivity index (χ2n) is 7.23. The van der Waals surface area contributed by atoms with Crippen molar-refractivity contribution in [2.24, 2.45) is 0 Å². The topological polar surface area (TPSA) is 59.4 Å². The lowest BCUT2D eigenvalue weighted by atomic mass is 10.0. The number of imidazole rings is 1. The summed E-state index contributed by atoms with van der Waals surface area (Å²) in [6.45, 7) is 1.10. The maximum atomic E-state index is 12.9. The smallest absolute Gasteiger partial charge is 0.416 e. The van der Waals surface area contributed by atoms with Crippen molar-refractivity contribution in [2.45, 2.75) is 25.1 Å². The van der Waals surface area contributed by atoms with Crippen molar-refractivity contribution < 1.29 is 22.7 Å². The molecule has 2 amide bonds. The van der Waals surface area contributed by atoms with Gasteiger partial charge in [-0.05, 0) is 55.3 Å². The lowest BCUT2D eigenvalue weighted by Gasteiger charge is -2.33. The molecule has 4 rings (SSSR count). The summed E-state index contributed by atoms with van der Waals surface area (Å²) in [5, 5.41) is 2.87. The Kier molecular flexibility index (Phi) is 6.64. The van der Waals surface area contributed by atoms with Gasteiger partial charge in [0.15, 0.2) is 0 Å². The van der Waals surface area contributed by atoms with Crippen LogP contribution in [0.15, 0.2) is 48.8 Å². The van der Waals surface area contributed by atoms with Crippen LogP contribution in [0.5, 0.6) is 5.75 Å². The number of hydrogen-bond donors (Lipinski definition) is 1. The third-order valence-electron chi connectivity index (χ3n) is 5.39. The van der Waals surface area contributed by atoms with E-state index in [4.69, 9.17) is 4.74 Å². The van der Waals surface area contributed by atoms with E-state index in [0.717, 1.165) is 12.1 Å². The summed E-state index contributed by atoms with van der Waals surface area (Å²) < 4.78 is 45.7. The van der Waals surface area contributed by atoms with E-state index in [2.05, 4.69) is 10.3 Å². The van der Waals surface area contributed by atoms with Crippen molar-refractivity contribution in [2.75, 3.05) is 25.5 Å². The number of halogens is 4. The molecule has 1 aliphatic heterocycles. The molecule has 166 valence electrons. The van der Waals surface area contributed by atoms with Gasteiger partial charge in [0.1, 0.15) is 5.75 Å². The average molecular weight is 455 g/mol. The maximum Gasteiger partial charge on any atom is 0.416 e. The van der Waals surface area contributed by atoms with Crippen molar-refractivity contribution in [1.29, 1.82) is 0 Å². The van der Waals surface area contributed by atoms with E-state index in [0.29, 0.717) is 48.4 Å². The summed E-state index contributed by atoms with van der Waals surface area (Å²) in [4.78, 5) is 18.4. The largest absolute Gasteiger partial charge is 0.497 e. The first-order valence-electron chi connectivity index (χ1n) is 9.59. The molecule has 6 nitrogen and oxygen atoms in total. The number of nitrogens with zero attached hydrogens (tertiary/aromatic N) is 3. The van der Waals surface area contributed by atoms with Crippen molar-refractivity contribution in [3.05, 3.63) is 54.4 Å². The van der Waals surface area contributed by atoms with Crippen LogP contribution in [0.25, 0.3) is 11.0 Å². The molecule has 1 N–H and O–H groups in total. The number of urea groups is 1. The molecule has 0 unspecified atom stereocenters. The molecule has 0 saturated carbocycles. The van der Waals surface area contributed by atoms with Crippen molar-refractivity contribution in [1.82, 2.24) is 14.5 Å². The average Bonchev–Trinajstić information content (AvgIpc) is 3.17. The molecule has 2 heterocycles. The number of methoxy groups -OCH3 is 1. The Morgan fingerprint density at radius 1 is 1.13 bits per heavy atom. The Morgan fingerprint density at radius 2 is 1.81 bits per heavy atom. The summed E-state index contributed by atoms with van der Waals surface area (Å²) >= 11 is 0. The number of hydrogen-bond acceptors (Lipinski definition) is 3. The number of alkyl halides is 3. The van der Waals surface area contributed by atoms with Gasteiger partial charge in [-0.3, -0.25) is 0 Å². The van der Waals surface area contributed by atoms with Crippen LogP contribution in [0.1, 0.15) is 24.4 Å². The fourth-order valence-corrected chi connectivity index (χ4v) is 3.72. The van der Waals surface area contributed by atoms with Crippen LogP contribution in [0, 0.1) is 0 Å². The van der Waals surface area contributed by atoms with Gasteiger partial charge < -0.3 is 19.5 Å². The molecular formula is C21H22ClF3N4O2. The SMILES string of the molecule is COc1ccc(NC(=O)N2CCC(n3cnc4cc(C(F)(F)F)ccc43)CC2)cc1.Cl. The lowest BCUT2D eigenvalue weighted by molar-refractivity contribution is -0.137. The van der Waals surface area contributed by atoms with Gasteiger partial charge in [0, 0.05) is 24.8 Å². The van der Waals surface area contributed by atoms with Crippen molar-refractivity contribution in [3.63, 3.8) is 0 Å². The highest BCUT2D eigenvalue weighted by molar-refractivity contribution is 5.89. The molecule has 3 aromatic rings. The predicted molar refractivity (Wildman–Crippen MR) is 114 cm³/mol. The minimum Gasteiger partial charge on any atom is -0.497 e. The Bertz CT molecular complexity index is 1040. The van der Waals surface area contributed by atoms with Crippen molar-refractivity contribution >= 4 is 35.2 Å². The lowest BCUT2D eigenvalue weighted by Crippen LogP contribution is -2.41. The Morgan fingerprint density at radius 3 is 2.42 bits per heavy atom. The van der Waals surface area contributed by atoms with E-state index in [9.17, 15) is 18.0 Å². The first-order valence-corrected chi connectivity index (χ1v) is 9.59. The highest BCUT2D eigenvalue weighted by atomic mass is 35.5. The molecule has 0 atom stereocenters. The Hall–Kier alpha value is -2.94. The number of carbonyl (C=O) groups excluding carboxylic acids is 1. The molecular weight excluding hydrogens is 433 g/mol. The van der Waals surface area contributed by atoms with Crippen LogP contribution < -0.4 is 10.1 Å². The molecule has 1 aromatic heterocycles. The van der Waals surface area contributed by atoms with Crippen LogP contribution in [-0.4, -0.2) is 40.7 Å². The van der Waals surface area contributed by atoms with Gasteiger partial charge in [-0.25, -0.2) is 9.78 Å². The first-order chi connectivity index (χ1) is 14.3. The number of fused-ring (bicyclic) bond motifs is 1. The normalized spacial score (nSPS) is 14.9. The van der Waals surface area contributed by atoms with Gasteiger partial charge in [0.2, 0.25) is 0 Å². The number of ether oxygens (including phenoxy) is 1. The van der Waals surface area contributed by atoms with Crippen LogP contribution >= 0.6 is 12.4 Å². The standard InChI is InChI=1S/C21H21F3N4O2.ClH/c1-30-17-5-3-15(4-6-17)26-20(29)27-10-8-16(9-11-27)28-13-25-18-12-14(21(22,23)24)2-7-19(18)28;/h2-7,12-13,16H,8-11H2,1H3,(H,26,29);1H. The molecule has 1 aliphatic rings. The second-order valence-corrected chi connectivity index (χ2v) is 7.23. The molecule has 0 aliphatic carbocycles. The third-order valence-corrected chi connectivity index (χ3v) is 5.39. The fourth-order valence-electron chi connectivity index (χ4n) is 3.72. The Labute approximate surface area is 183 Å². The second kappa shape index (κ2) is 9.05. The molecule has 1 fully saturated rings. The molecule has 0 bridgehead atoms. The number of rotatable bonds is 3. The summed E-state index contributed by atoms with van der Waals surface area (Å²) in [5.74, 6) is 0.712. The number of likely N-dealkylation sites (tertiary alicyclic amines) is 1. The number of amides is 2. The number of nitrogens with one attached hydrogen (secondary N) is 1. The van der Waals surface area contributed by atoms with E-state index in [1.807, 2.05) is 4.57 Å². The van der Waals surface area contributed by atoms with E-state index in [1.54, 1.807) is 42.6 Å².